The first-order valence-electron chi connectivity index (χ1n) is 5.79. The molecule has 1 atom stereocenters. The van der Waals surface area contributed by atoms with Crippen LogP contribution in [0.15, 0.2) is 0 Å². The quantitative estimate of drug-likeness (QED) is 0.829. The summed E-state index contributed by atoms with van der Waals surface area (Å²) < 4.78 is 6.03. The predicted molar refractivity (Wildman–Crippen MR) is 67.8 cm³/mol. The van der Waals surface area contributed by atoms with E-state index in [-0.39, 0.29) is 5.60 Å². The average molecular weight is 248 g/mol. The molecule has 2 rings (SSSR count). The molecule has 0 bridgehead atoms. The lowest BCUT2D eigenvalue weighted by molar-refractivity contribution is -0.0805. The van der Waals surface area contributed by atoms with Crippen LogP contribution in [0.2, 0.25) is 0 Å². The number of rotatable bonds is 3. The van der Waals surface area contributed by atoms with Crippen molar-refractivity contribution in [3.05, 3.63) is 0 Å². The van der Waals surface area contributed by atoms with E-state index >= 15 is 0 Å². The van der Waals surface area contributed by atoms with Crippen molar-refractivity contribution in [2.45, 2.75) is 36.5 Å². The number of thioether (sulfide) groups is 2. The normalized spacial score (nSPS) is 30.6. The van der Waals surface area contributed by atoms with Crippen LogP contribution in [0.3, 0.4) is 0 Å². The van der Waals surface area contributed by atoms with E-state index in [0.29, 0.717) is 11.9 Å². The molecule has 0 aliphatic carbocycles. The summed E-state index contributed by atoms with van der Waals surface area (Å²) in [5.41, 5.74) is 0.205. The van der Waals surface area contributed by atoms with E-state index in [1.807, 2.05) is 11.8 Å². The fourth-order valence-electron chi connectivity index (χ4n) is 2.44. The molecule has 2 saturated heterocycles. The molecule has 15 heavy (non-hydrogen) atoms. The summed E-state index contributed by atoms with van der Waals surface area (Å²) >= 11 is 3.98. The topological polar surface area (TPSA) is 29.5 Å². The Bertz CT molecular complexity index is 188. The highest BCUT2D eigenvalue weighted by molar-refractivity contribution is 8.00. The molecule has 1 unspecified atom stereocenters. The lowest BCUT2D eigenvalue weighted by atomic mass is 9.88. The van der Waals surface area contributed by atoms with Crippen molar-refractivity contribution in [1.82, 2.24) is 0 Å². The molecule has 0 aromatic carbocycles. The van der Waals surface area contributed by atoms with Crippen molar-refractivity contribution in [3.8, 4) is 0 Å². The highest BCUT2D eigenvalue weighted by atomic mass is 32.2. The Balaban J connectivity index is 1.85. The van der Waals surface area contributed by atoms with Gasteiger partial charge in [-0.1, -0.05) is 0 Å². The molecule has 0 aromatic rings. The molecular formula is C11H20O2S2. The van der Waals surface area contributed by atoms with Gasteiger partial charge in [0, 0.05) is 17.6 Å². The van der Waals surface area contributed by atoms with Crippen molar-refractivity contribution in [3.63, 3.8) is 0 Å². The van der Waals surface area contributed by atoms with Crippen molar-refractivity contribution in [2.24, 2.45) is 0 Å². The van der Waals surface area contributed by atoms with Gasteiger partial charge in [-0.15, -0.1) is 0 Å². The van der Waals surface area contributed by atoms with Crippen LogP contribution in [0.25, 0.3) is 0 Å². The van der Waals surface area contributed by atoms with E-state index in [4.69, 9.17) is 9.84 Å². The van der Waals surface area contributed by atoms with Crippen LogP contribution >= 0.6 is 23.5 Å². The second kappa shape index (κ2) is 5.80. The summed E-state index contributed by atoms with van der Waals surface area (Å²) in [4.78, 5) is 0. The maximum Gasteiger partial charge on any atom is 0.0708 e. The molecule has 2 aliphatic rings. The first-order valence-corrected chi connectivity index (χ1v) is 7.99. The Morgan fingerprint density at radius 3 is 2.93 bits per heavy atom. The number of hydrogen-bond acceptors (Lipinski definition) is 4. The average Bonchev–Trinajstić information content (AvgIpc) is 2.28. The smallest absolute Gasteiger partial charge is 0.0708 e. The molecule has 1 spiro atoms. The van der Waals surface area contributed by atoms with Crippen LogP contribution in [-0.4, -0.2) is 46.4 Å². The van der Waals surface area contributed by atoms with E-state index in [2.05, 4.69) is 11.8 Å². The third kappa shape index (κ3) is 3.29. The predicted octanol–water partition coefficient (Wildman–Crippen LogP) is 2.16. The van der Waals surface area contributed by atoms with Gasteiger partial charge >= 0.3 is 0 Å². The molecule has 0 radical (unpaired) electrons. The Kier molecular flexibility index (Phi) is 4.68. The summed E-state index contributed by atoms with van der Waals surface area (Å²) in [5, 5.41) is 9.56. The van der Waals surface area contributed by atoms with Gasteiger partial charge in [-0.05, 0) is 37.2 Å². The largest absolute Gasteiger partial charge is 0.396 e. The zero-order valence-electron chi connectivity index (χ0n) is 9.11. The van der Waals surface area contributed by atoms with Gasteiger partial charge in [-0.25, -0.2) is 0 Å². The van der Waals surface area contributed by atoms with Crippen LogP contribution in [-0.2, 0) is 4.74 Å². The molecule has 0 aromatic heterocycles. The summed E-state index contributed by atoms with van der Waals surface area (Å²) in [6.07, 6.45) is 4.83. The minimum absolute atomic E-state index is 0.205. The van der Waals surface area contributed by atoms with Gasteiger partial charge in [0.1, 0.15) is 0 Å². The van der Waals surface area contributed by atoms with Crippen molar-refractivity contribution in [1.29, 1.82) is 0 Å². The fraction of sp³-hybridized carbons (Fsp3) is 1.00. The van der Waals surface area contributed by atoms with Crippen molar-refractivity contribution in [2.75, 3.05) is 30.5 Å². The maximum absolute atomic E-state index is 8.84. The van der Waals surface area contributed by atoms with Gasteiger partial charge in [-0.2, -0.15) is 23.5 Å². The third-order valence-corrected chi connectivity index (χ3v) is 5.57. The Labute approximate surface area is 101 Å². The molecule has 2 aliphatic heterocycles. The zero-order chi connectivity index (χ0) is 10.6. The second-order valence-corrected chi connectivity index (χ2v) is 6.99. The minimum atomic E-state index is 0.205. The van der Waals surface area contributed by atoms with Gasteiger partial charge in [0.25, 0.3) is 0 Å². The summed E-state index contributed by atoms with van der Waals surface area (Å²) in [6, 6.07) is 0. The summed E-state index contributed by atoms with van der Waals surface area (Å²) in [6.45, 7) is 1.23. The van der Waals surface area contributed by atoms with Crippen LogP contribution in [0.1, 0.15) is 25.7 Å². The first-order chi connectivity index (χ1) is 7.35. The van der Waals surface area contributed by atoms with E-state index in [1.165, 1.54) is 37.2 Å². The third-order valence-electron chi connectivity index (χ3n) is 3.30. The SMILES string of the molecule is OCCSC1CCOC2(CCSCC2)C1. The summed E-state index contributed by atoms with van der Waals surface area (Å²) in [7, 11) is 0. The molecule has 1 N–H and O–H groups in total. The van der Waals surface area contributed by atoms with Gasteiger partial charge < -0.3 is 9.84 Å². The van der Waals surface area contributed by atoms with Crippen molar-refractivity contribution < 1.29 is 9.84 Å². The van der Waals surface area contributed by atoms with Crippen molar-refractivity contribution >= 4 is 23.5 Å². The molecule has 2 fully saturated rings. The maximum atomic E-state index is 8.84. The second-order valence-electron chi connectivity index (χ2n) is 4.35. The first kappa shape index (κ1) is 12.1. The van der Waals surface area contributed by atoms with E-state index in [0.717, 1.165) is 12.4 Å². The van der Waals surface area contributed by atoms with Gasteiger partial charge in [0.15, 0.2) is 0 Å². The monoisotopic (exact) mass is 248 g/mol. The molecule has 2 heterocycles. The Morgan fingerprint density at radius 1 is 1.40 bits per heavy atom. The molecule has 0 saturated carbocycles. The van der Waals surface area contributed by atoms with E-state index < -0.39 is 0 Å². The highest BCUT2D eigenvalue weighted by Gasteiger charge is 2.38. The number of aliphatic hydroxyl groups excluding tert-OH is 1. The van der Waals surface area contributed by atoms with Crippen LogP contribution in [0, 0.1) is 0 Å². The van der Waals surface area contributed by atoms with Gasteiger partial charge in [0.05, 0.1) is 12.2 Å². The Morgan fingerprint density at radius 2 is 2.20 bits per heavy atom. The van der Waals surface area contributed by atoms with Crippen LogP contribution in [0.4, 0.5) is 0 Å². The van der Waals surface area contributed by atoms with E-state index in [1.54, 1.807) is 0 Å². The lowest BCUT2D eigenvalue weighted by Crippen LogP contribution is -2.43. The lowest BCUT2D eigenvalue weighted by Gasteiger charge is -2.43. The number of hydrogen-bond donors (Lipinski definition) is 1. The highest BCUT2D eigenvalue weighted by Crippen LogP contribution is 2.40. The van der Waals surface area contributed by atoms with Gasteiger partial charge in [0.2, 0.25) is 0 Å². The van der Waals surface area contributed by atoms with Crippen LogP contribution in [0.5, 0.6) is 0 Å². The molecule has 0 amide bonds. The Hall–Kier alpha value is 0.620. The molecule has 4 heteroatoms. The standard InChI is InChI=1S/C11H20O2S2/c12-4-8-15-10-1-5-13-11(9-10)2-6-14-7-3-11/h10,12H,1-9H2. The molecule has 88 valence electrons. The van der Waals surface area contributed by atoms with Crippen LogP contribution < -0.4 is 0 Å². The minimum Gasteiger partial charge on any atom is -0.396 e. The fourth-order valence-corrected chi connectivity index (χ4v) is 4.80. The zero-order valence-corrected chi connectivity index (χ0v) is 10.7. The summed E-state index contributed by atoms with van der Waals surface area (Å²) in [5.74, 6) is 3.41. The van der Waals surface area contributed by atoms with E-state index in [9.17, 15) is 0 Å². The molecular weight excluding hydrogens is 228 g/mol. The van der Waals surface area contributed by atoms with Gasteiger partial charge in [-0.3, -0.25) is 0 Å². The number of aliphatic hydroxyl groups is 1. The molecule has 2 nitrogen and oxygen atoms in total. The number of ether oxygens (including phenoxy) is 1.